The van der Waals surface area contributed by atoms with E-state index in [4.69, 9.17) is 0 Å². The van der Waals surface area contributed by atoms with E-state index >= 15 is 0 Å². The average Bonchev–Trinajstić information content (AvgIpc) is 2.80. The summed E-state index contributed by atoms with van der Waals surface area (Å²) in [5.41, 5.74) is 2.82. The molecule has 1 aromatic carbocycles. The molecule has 3 rings (SSSR count). The molecule has 104 valence electrons. The number of hydrogen-bond acceptors (Lipinski definition) is 3. The van der Waals surface area contributed by atoms with Crippen molar-refractivity contribution >= 4 is 5.69 Å². The van der Waals surface area contributed by atoms with Gasteiger partial charge in [0.2, 0.25) is 0 Å². The minimum Gasteiger partial charge on any atom is -0.383 e. The molecular weight excluding hydrogens is 234 g/mol. The van der Waals surface area contributed by atoms with E-state index < -0.39 is 0 Å². The van der Waals surface area contributed by atoms with Crippen LogP contribution >= 0.6 is 0 Å². The summed E-state index contributed by atoms with van der Waals surface area (Å²) in [5.74, 6) is 0. The van der Waals surface area contributed by atoms with Crippen molar-refractivity contribution in [2.45, 2.75) is 31.3 Å². The SMILES string of the molecule is CN(C)C1CCN(C2CCc3ccccc3NC2)C1. The van der Waals surface area contributed by atoms with Gasteiger partial charge < -0.3 is 10.2 Å². The normalized spacial score (nSPS) is 27.9. The number of anilines is 1. The molecule has 1 fully saturated rings. The van der Waals surface area contributed by atoms with Gasteiger partial charge >= 0.3 is 0 Å². The molecule has 2 unspecified atom stereocenters. The van der Waals surface area contributed by atoms with Crippen molar-refractivity contribution in [3.8, 4) is 0 Å². The third kappa shape index (κ3) is 2.77. The lowest BCUT2D eigenvalue weighted by atomic mass is 10.1. The number of nitrogens with zero attached hydrogens (tertiary/aromatic N) is 2. The molecule has 1 aromatic rings. The van der Waals surface area contributed by atoms with E-state index in [-0.39, 0.29) is 0 Å². The van der Waals surface area contributed by atoms with Gasteiger partial charge in [-0.2, -0.15) is 0 Å². The van der Waals surface area contributed by atoms with Gasteiger partial charge in [0.15, 0.2) is 0 Å². The molecular formula is C16H25N3. The molecule has 2 aliphatic rings. The Morgan fingerprint density at radius 2 is 2.05 bits per heavy atom. The van der Waals surface area contributed by atoms with Crippen LogP contribution in [-0.4, -0.2) is 55.6 Å². The monoisotopic (exact) mass is 259 g/mol. The maximum atomic E-state index is 3.64. The van der Waals surface area contributed by atoms with Crippen LogP contribution in [-0.2, 0) is 6.42 Å². The number of para-hydroxylation sites is 1. The summed E-state index contributed by atoms with van der Waals surface area (Å²) in [6.45, 7) is 3.58. The van der Waals surface area contributed by atoms with Gasteiger partial charge in [-0.1, -0.05) is 18.2 Å². The van der Waals surface area contributed by atoms with Crippen LogP contribution in [0.2, 0.25) is 0 Å². The summed E-state index contributed by atoms with van der Waals surface area (Å²) in [7, 11) is 4.41. The molecule has 2 atom stereocenters. The van der Waals surface area contributed by atoms with Crippen LogP contribution < -0.4 is 5.32 Å². The summed E-state index contributed by atoms with van der Waals surface area (Å²) in [4.78, 5) is 5.06. The summed E-state index contributed by atoms with van der Waals surface area (Å²) in [5, 5.41) is 3.64. The van der Waals surface area contributed by atoms with E-state index in [1.165, 1.54) is 43.6 Å². The van der Waals surface area contributed by atoms with Crippen LogP contribution in [0, 0.1) is 0 Å². The highest BCUT2D eigenvalue weighted by Gasteiger charge is 2.30. The number of likely N-dealkylation sites (N-methyl/N-ethyl adjacent to an activating group) is 1. The molecule has 1 N–H and O–H groups in total. The molecule has 3 nitrogen and oxygen atoms in total. The van der Waals surface area contributed by atoms with Crippen molar-refractivity contribution in [3.63, 3.8) is 0 Å². The Labute approximate surface area is 116 Å². The van der Waals surface area contributed by atoms with E-state index in [0.29, 0.717) is 6.04 Å². The Balaban J connectivity index is 1.63. The van der Waals surface area contributed by atoms with Crippen LogP contribution in [0.25, 0.3) is 0 Å². The van der Waals surface area contributed by atoms with Crippen molar-refractivity contribution in [1.82, 2.24) is 9.80 Å². The Bertz CT molecular complexity index is 403. The minimum atomic E-state index is 0.692. The highest BCUT2D eigenvalue weighted by atomic mass is 15.3. The molecule has 0 spiro atoms. The number of fused-ring (bicyclic) bond motifs is 1. The fourth-order valence-corrected chi connectivity index (χ4v) is 3.40. The zero-order valence-electron chi connectivity index (χ0n) is 12.1. The second kappa shape index (κ2) is 5.51. The fourth-order valence-electron chi connectivity index (χ4n) is 3.40. The topological polar surface area (TPSA) is 18.5 Å². The lowest BCUT2D eigenvalue weighted by molar-refractivity contribution is 0.215. The quantitative estimate of drug-likeness (QED) is 0.877. The first-order valence-electron chi connectivity index (χ1n) is 7.46. The van der Waals surface area contributed by atoms with Gasteiger partial charge in [0.25, 0.3) is 0 Å². The highest BCUT2D eigenvalue weighted by Crippen LogP contribution is 2.25. The Kier molecular flexibility index (Phi) is 3.76. The standard InChI is InChI=1S/C16H25N3/c1-18(2)15-9-10-19(12-15)14-8-7-13-5-3-4-6-16(13)17-11-14/h3-6,14-15,17H,7-12H2,1-2H3. The van der Waals surface area contributed by atoms with Crippen molar-refractivity contribution in [3.05, 3.63) is 29.8 Å². The molecule has 0 saturated carbocycles. The number of benzene rings is 1. The van der Waals surface area contributed by atoms with Crippen LogP contribution in [0.15, 0.2) is 24.3 Å². The van der Waals surface area contributed by atoms with Crippen molar-refractivity contribution in [2.24, 2.45) is 0 Å². The third-order valence-corrected chi connectivity index (χ3v) is 4.73. The van der Waals surface area contributed by atoms with E-state index in [2.05, 4.69) is 53.5 Å². The summed E-state index contributed by atoms with van der Waals surface area (Å²) < 4.78 is 0. The van der Waals surface area contributed by atoms with Crippen molar-refractivity contribution in [2.75, 3.05) is 39.0 Å². The zero-order chi connectivity index (χ0) is 13.2. The number of likely N-dealkylation sites (tertiary alicyclic amines) is 1. The molecule has 2 heterocycles. The van der Waals surface area contributed by atoms with Gasteiger partial charge in [-0.25, -0.2) is 0 Å². The first-order valence-corrected chi connectivity index (χ1v) is 7.46. The Hall–Kier alpha value is -1.06. The van der Waals surface area contributed by atoms with E-state index in [1.54, 1.807) is 0 Å². The van der Waals surface area contributed by atoms with Crippen molar-refractivity contribution < 1.29 is 0 Å². The molecule has 19 heavy (non-hydrogen) atoms. The molecule has 1 saturated heterocycles. The van der Waals surface area contributed by atoms with E-state index in [1.807, 2.05) is 0 Å². The zero-order valence-corrected chi connectivity index (χ0v) is 12.1. The molecule has 0 aromatic heterocycles. The van der Waals surface area contributed by atoms with Crippen LogP contribution in [0.5, 0.6) is 0 Å². The van der Waals surface area contributed by atoms with E-state index in [0.717, 1.165) is 12.6 Å². The third-order valence-electron chi connectivity index (χ3n) is 4.73. The Morgan fingerprint density at radius 1 is 1.21 bits per heavy atom. The predicted molar refractivity (Wildman–Crippen MR) is 80.7 cm³/mol. The molecule has 0 aliphatic carbocycles. The van der Waals surface area contributed by atoms with Gasteiger partial charge in [0.1, 0.15) is 0 Å². The number of rotatable bonds is 2. The minimum absolute atomic E-state index is 0.692. The first-order chi connectivity index (χ1) is 9.24. The lowest BCUT2D eigenvalue weighted by Gasteiger charge is -2.27. The number of nitrogens with one attached hydrogen (secondary N) is 1. The number of hydrogen-bond donors (Lipinski definition) is 1. The van der Waals surface area contributed by atoms with Gasteiger partial charge in [-0.05, 0) is 45.0 Å². The average molecular weight is 259 g/mol. The van der Waals surface area contributed by atoms with Crippen molar-refractivity contribution in [1.29, 1.82) is 0 Å². The summed E-state index contributed by atoms with van der Waals surface area (Å²) in [6, 6.07) is 10.2. The maximum Gasteiger partial charge on any atom is 0.0373 e. The number of aryl methyl sites for hydroxylation is 1. The van der Waals surface area contributed by atoms with Crippen LogP contribution in [0.1, 0.15) is 18.4 Å². The van der Waals surface area contributed by atoms with Gasteiger partial charge in [0.05, 0.1) is 0 Å². The van der Waals surface area contributed by atoms with Gasteiger partial charge in [0, 0.05) is 37.4 Å². The van der Waals surface area contributed by atoms with Gasteiger partial charge in [-0.3, -0.25) is 4.90 Å². The lowest BCUT2D eigenvalue weighted by Crippen LogP contribution is -2.40. The molecule has 2 aliphatic heterocycles. The maximum absolute atomic E-state index is 3.64. The predicted octanol–water partition coefficient (Wildman–Crippen LogP) is 2.05. The molecule has 0 radical (unpaired) electrons. The van der Waals surface area contributed by atoms with Gasteiger partial charge in [-0.15, -0.1) is 0 Å². The first kappa shape index (κ1) is 12.9. The van der Waals surface area contributed by atoms with Crippen LogP contribution in [0.3, 0.4) is 0 Å². The fraction of sp³-hybridized carbons (Fsp3) is 0.625. The summed E-state index contributed by atoms with van der Waals surface area (Å²) >= 11 is 0. The second-order valence-electron chi connectivity index (χ2n) is 6.13. The largest absolute Gasteiger partial charge is 0.383 e. The molecule has 0 amide bonds. The van der Waals surface area contributed by atoms with Crippen LogP contribution in [0.4, 0.5) is 5.69 Å². The smallest absolute Gasteiger partial charge is 0.0373 e. The molecule has 3 heteroatoms. The Morgan fingerprint density at radius 3 is 2.84 bits per heavy atom. The summed E-state index contributed by atoms with van der Waals surface area (Å²) in [6.07, 6.45) is 3.80. The van der Waals surface area contributed by atoms with E-state index in [9.17, 15) is 0 Å². The second-order valence-corrected chi connectivity index (χ2v) is 6.13. The molecule has 0 bridgehead atoms. The highest BCUT2D eigenvalue weighted by molar-refractivity contribution is 5.52.